The SMILES string of the molecule is CC1=C(\c2ccc(-c3ccccc3)cc2)CCC(C)C(c2cc(C(C)c3ccccc3-c3cc4ccccc4cc3C)c3c(c2)oc2ccccc23)/N=C\1c1ccc2ccccc2c1. The van der Waals surface area contributed by atoms with Crippen LogP contribution < -0.4 is 0 Å². The van der Waals surface area contributed by atoms with Crippen molar-refractivity contribution >= 4 is 54.8 Å². The highest BCUT2D eigenvalue weighted by Gasteiger charge is 2.29. The number of aryl methyl sites for hydroxylation is 1. The van der Waals surface area contributed by atoms with E-state index in [-0.39, 0.29) is 17.9 Å². The molecule has 1 aliphatic rings. The quantitative estimate of drug-likeness (QED) is 0.157. The zero-order valence-electron chi connectivity index (χ0n) is 37.0. The van der Waals surface area contributed by atoms with Crippen molar-refractivity contribution < 1.29 is 4.42 Å². The molecule has 0 spiro atoms. The van der Waals surface area contributed by atoms with Gasteiger partial charge in [0.15, 0.2) is 0 Å². The molecule has 0 aliphatic carbocycles. The molecular weight excluding hydrogens is 775 g/mol. The minimum absolute atomic E-state index is 0.0606. The molecule has 0 N–H and O–H groups in total. The molecule has 2 nitrogen and oxygen atoms in total. The van der Waals surface area contributed by atoms with E-state index in [1.165, 1.54) is 88.1 Å². The van der Waals surface area contributed by atoms with E-state index in [2.05, 4.69) is 222 Å². The first-order valence-electron chi connectivity index (χ1n) is 22.8. The normalized spacial score (nSPS) is 18.2. The Morgan fingerprint density at radius 2 is 1.14 bits per heavy atom. The fourth-order valence-corrected chi connectivity index (χ4v) is 10.5. The van der Waals surface area contributed by atoms with Crippen LogP contribution in [0.4, 0.5) is 0 Å². The molecule has 64 heavy (non-hydrogen) atoms. The first-order valence-corrected chi connectivity index (χ1v) is 22.8. The van der Waals surface area contributed by atoms with Crippen molar-refractivity contribution in [3.05, 3.63) is 233 Å². The Morgan fingerprint density at radius 3 is 1.94 bits per heavy atom. The Kier molecular flexibility index (Phi) is 10.2. The number of hydrogen-bond donors (Lipinski definition) is 0. The first-order chi connectivity index (χ1) is 31.4. The third-order valence-electron chi connectivity index (χ3n) is 14.0. The van der Waals surface area contributed by atoms with Crippen molar-refractivity contribution in [3.8, 4) is 22.3 Å². The molecule has 9 aromatic carbocycles. The molecule has 3 unspecified atom stereocenters. The number of rotatable bonds is 7. The Labute approximate surface area is 376 Å². The van der Waals surface area contributed by atoms with Gasteiger partial charge in [0, 0.05) is 22.3 Å². The van der Waals surface area contributed by atoms with E-state index in [4.69, 9.17) is 9.41 Å². The van der Waals surface area contributed by atoms with Gasteiger partial charge < -0.3 is 4.42 Å². The lowest BCUT2D eigenvalue weighted by Crippen LogP contribution is -2.17. The summed E-state index contributed by atoms with van der Waals surface area (Å²) in [5.41, 5.74) is 17.9. The van der Waals surface area contributed by atoms with E-state index in [0.29, 0.717) is 0 Å². The average molecular weight is 826 g/mol. The molecule has 0 amide bonds. The number of benzene rings is 9. The van der Waals surface area contributed by atoms with E-state index in [1.807, 2.05) is 0 Å². The minimum atomic E-state index is -0.0973. The summed E-state index contributed by atoms with van der Waals surface area (Å²) >= 11 is 0. The highest BCUT2D eigenvalue weighted by Crippen LogP contribution is 2.45. The summed E-state index contributed by atoms with van der Waals surface area (Å²) in [6.45, 7) is 9.31. The fraction of sp³-hybridized carbons (Fsp3) is 0.145. The number of fused-ring (bicyclic) bond motifs is 5. The molecule has 0 fully saturated rings. The molecule has 0 bridgehead atoms. The van der Waals surface area contributed by atoms with Crippen LogP contribution in [0, 0.1) is 12.8 Å². The highest BCUT2D eigenvalue weighted by molar-refractivity contribution is 6.17. The lowest BCUT2D eigenvalue weighted by Gasteiger charge is -2.28. The number of nitrogens with zero attached hydrogens (tertiary/aromatic N) is 1. The average Bonchev–Trinajstić information content (AvgIpc) is 3.72. The Balaban J connectivity index is 1.09. The zero-order chi connectivity index (χ0) is 43.3. The summed E-state index contributed by atoms with van der Waals surface area (Å²) in [5, 5.41) is 7.31. The van der Waals surface area contributed by atoms with Crippen LogP contribution in [0.2, 0.25) is 0 Å². The Hall–Kier alpha value is -7.29. The molecule has 2 heterocycles. The summed E-state index contributed by atoms with van der Waals surface area (Å²) in [5.74, 6) is 0.310. The van der Waals surface area contributed by atoms with Gasteiger partial charge in [-0.25, -0.2) is 0 Å². The van der Waals surface area contributed by atoms with Crippen LogP contribution in [0.15, 0.2) is 209 Å². The lowest BCUT2D eigenvalue weighted by atomic mass is 9.80. The Bertz CT molecular complexity index is 3440. The largest absolute Gasteiger partial charge is 0.456 e. The van der Waals surface area contributed by atoms with E-state index < -0.39 is 0 Å². The summed E-state index contributed by atoms with van der Waals surface area (Å²) in [7, 11) is 0. The first kappa shape index (κ1) is 39.5. The summed E-state index contributed by atoms with van der Waals surface area (Å²) in [4.78, 5) is 5.94. The number of allylic oxidation sites excluding steroid dienone is 2. The monoisotopic (exact) mass is 825 g/mol. The molecule has 11 rings (SSSR count). The molecule has 2 heteroatoms. The molecule has 0 saturated carbocycles. The van der Waals surface area contributed by atoms with Gasteiger partial charge >= 0.3 is 0 Å². The van der Waals surface area contributed by atoms with Crippen LogP contribution in [-0.2, 0) is 0 Å². The summed E-state index contributed by atoms with van der Waals surface area (Å²) < 4.78 is 6.82. The van der Waals surface area contributed by atoms with Crippen molar-refractivity contribution in [1.82, 2.24) is 0 Å². The molecule has 310 valence electrons. The lowest BCUT2D eigenvalue weighted by molar-refractivity contribution is 0.444. The second-order valence-electron chi connectivity index (χ2n) is 18.0. The van der Waals surface area contributed by atoms with E-state index >= 15 is 0 Å². The minimum Gasteiger partial charge on any atom is -0.456 e. The van der Waals surface area contributed by atoms with Gasteiger partial charge in [-0.3, -0.25) is 4.99 Å². The van der Waals surface area contributed by atoms with Gasteiger partial charge in [0.25, 0.3) is 0 Å². The van der Waals surface area contributed by atoms with Gasteiger partial charge in [0.1, 0.15) is 11.2 Å². The number of furan rings is 1. The molecule has 0 radical (unpaired) electrons. The van der Waals surface area contributed by atoms with Crippen LogP contribution in [0.5, 0.6) is 0 Å². The smallest absolute Gasteiger partial charge is 0.136 e. The Morgan fingerprint density at radius 1 is 0.516 bits per heavy atom. The number of hydrogen-bond acceptors (Lipinski definition) is 2. The molecule has 1 aliphatic heterocycles. The molecular formula is C62H51NO. The van der Waals surface area contributed by atoms with Crippen molar-refractivity contribution in [2.45, 2.75) is 52.5 Å². The molecule has 10 aromatic rings. The summed E-state index contributed by atoms with van der Waals surface area (Å²) in [6, 6.07) is 70.9. The van der Waals surface area contributed by atoms with Crippen molar-refractivity contribution in [2.24, 2.45) is 10.9 Å². The van der Waals surface area contributed by atoms with Gasteiger partial charge in [-0.05, 0) is 140 Å². The van der Waals surface area contributed by atoms with Gasteiger partial charge in [-0.2, -0.15) is 0 Å². The maximum atomic E-state index is 6.82. The van der Waals surface area contributed by atoms with Gasteiger partial charge in [0.05, 0.1) is 11.8 Å². The van der Waals surface area contributed by atoms with E-state index in [1.54, 1.807) is 0 Å². The predicted molar refractivity (Wildman–Crippen MR) is 271 cm³/mol. The van der Waals surface area contributed by atoms with Crippen LogP contribution in [0.25, 0.3) is 71.3 Å². The second kappa shape index (κ2) is 16.4. The summed E-state index contributed by atoms with van der Waals surface area (Å²) in [6.07, 6.45) is 1.95. The predicted octanol–water partition coefficient (Wildman–Crippen LogP) is 17.1. The van der Waals surface area contributed by atoms with E-state index in [0.717, 1.165) is 40.7 Å². The number of aliphatic imine (C=N–C) groups is 1. The topological polar surface area (TPSA) is 25.5 Å². The maximum Gasteiger partial charge on any atom is 0.136 e. The second-order valence-corrected chi connectivity index (χ2v) is 18.0. The van der Waals surface area contributed by atoms with Crippen LogP contribution >= 0.6 is 0 Å². The third kappa shape index (κ3) is 7.14. The van der Waals surface area contributed by atoms with E-state index in [9.17, 15) is 0 Å². The van der Waals surface area contributed by atoms with Crippen LogP contribution in [0.1, 0.15) is 79.0 Å². The fourth-order valence-electron chi connectivity index (χ4n) is 10.5. The van der Waals surface area contributed by atoms with Crippen LogP contribution in [-0.4, -0.2) is 5.71 Å². The van der Waals surface area contributed by atoms with Crippen molar-refractivity contribution in [3.63, 3.8) is 0 Å². The molecule has 0 saturated heterocycles. The van der Waals surface area contributed by atoms with Gasteiger partial charge in [0.2, 0.25) is 0 Å². The van der Waals surface area contributed by atoms with Gasteiger partial charge in [-0.1, -0.05) is 184 Å². The standard InChI is InChI=1S/C62H51NO/c1-39-26-33-52(46-30-27-45(28-31-46)43-16-6-5-7-17-43)42(4)62(50-32-29-44-18-8-9-20-48(44)35-50)63-61(39)51-37-57(60-55-24-14-15-25-58(55)64-59(60)38-51)41(3)53-22-12-13-23-54(53)56-36-49-21-11-10-19-47(49)34-40(56)2/h5-25,27-32,34-39,41,61H,26,33H2,1-4H3/b52-42+,63-62+. The highest BCUT2D eigenvalue weighted by atomic mass is 16.3. The van der Waals surface area contributed by atoms with Gasteiger partial charge in [-0.15, -0.1) is 0 Å². The van der Waals surface area contributed by atoms with Crippen LogP contribution in [0.3, 0.4) is 0 Å². The molecule has 1 aromatic heterocycles. The third-order valence-corrected chi connectivity index (χ3v) is 14.0. The number of para-hydroxylation sites is 1. The van der Waals surface area contributed by atoms with Crippen molar-refractivity contribution in [2.75, 3.05) is 0 Å². The molecule has 3 atom stereocenters. The zero-order valence-corrected chi connectivity index (χ0v) is 37.0. The van der Waals surface area contributed by atoms with Crippen molar-refractivity contribution in [1.29, 1.82) is 0 Å². The maximum absolute atomic E-state index is 6.82.